The van der Waals surface area contributed by atoms with E-state index in [2.05, 4.69) is 157 Å². The largest absolute Gasteiger partial charge is 0.436 e. The molecule has 0 unspecified atom stereocenters. The van der Waals surface area contributed by atoms with Gasteiger partial charge in [-0.15, -0.1) is 0 Å². The first-order valence-corrected chi connectivity index (χ1v) is 16.9. The molecule has 0 aliphatic rings. The summed E-state index contributed by atoms with van der Waals surface area (Å²) in [5.41, 5.74) is 12.6. The lowest BCUT2D eigenvalue weighted by atomic mass is 9.95. The molecule has 0 aliphatic carbocycles. The average molecular weight is 641 g/mol. The Morgan fingerprint density at radius 3 is 1.70 bits per heavy atom. The Kier molecular flexibility index (Phi) is 7.49. The van der Waals surface area contributed by atoms with Crippen LogP contribution in [0.25, 0.3) is 66.7 Å². The maximum atomic E-state index is 6.19. The number of oxazole rings is 1. The Morgan fingerprint density at radius 2 is 0.960 bits per heavy atom. The van der Waals surface area contributed by atoms with Gasteiger partial charge < -0.3 is 9.32 Å². The zero-order valence-corrected chi connectivity index (χ0v) is 27.3. The predicted octanol–water partition coefficient (Wildman–Crippen LogP) is 13.1. The van der Waals surface area contributed by atoms with Crippen molar-refractivity contribution in [2.45, 2.75) is 0 Å². The van der Waals surface area contributed by atoms with Crippen LogP contribution in [0.4, 0.5) is 17.1 Å². The van der Waals surface area contributed by atoms with E-state index in [9.17, 15) is 0 Å². The molecule has 9 aromatic rings. The van der Waals surface area contributed by atoms with Crippen molar-refractivity contribution >= 4 is 38.9 Å². The molecular weight excluding hydrogens is 609 g/mol. The lowest BCUT2D eigenvalue weighted by molar-refractivity contribution is 0.620. The Hall–Kier alpha value is -6.71. The fourth-order valence-electron chi connectivity index (χ4n) is 6.77. The SMILES string of the molecule is c1ccc(-c2cc(-c3ccc4ccccc4c3)cc(N(c3ccccc3)c3ccc(-c4cccc5oc(-c6ccccc6)nc45)cc3)c2)cc1. The van der Waals surface area contributed by atoms with E-state index >= 15 is 0 Å². The molecule has 50 heavy (non-hydrogen) atoms. The first-order valence-electron chi connectivity index (χ1n) is 16.9. The van der Waals surface area contributed by atoms with Gasteiger partial charge in [0.25, 0.3) is 0 Å². The van der Waals surface area contributed by atoms with Crippen LogP contribution in [-0.4, -0.2) is 4.98 Å². The first kappa shape index (κ1) is 29.4. The number of nitrogens with zero attached hydrogens (tertiary/aromatic N) is 2. The number of hydrogen-bond acceptors (Lipinski definition) is 3. The lowest BCUT2D eigenvalue weighted by Crippen LogP contribution is -2.10. The highest BCUT2D eigenvalue weighted by atomic mass is 16.3. The quantitative estimate of drug-likeness (QED) is 0.174. The number of anilines is 3. The standard InChI is InChI=1S/C47H32N2O/c1-4-13-33(14-5-1)39-30-40(38-24-23-34-15-10-11-18-37(34)29-38)32-43(31-39)49(41-19-8-3-9-20-41)42-27-25-35(26-28-42)44-21-12-22-45-46(44)48-47(50-45)36-16-6-2-7-17-36/h1-32H. The van der Waals surface area contributed by atoms with Crippen LogP contribution in [0, 0.1) is 0 Å². The highest BCUT2D eigenvalue weighted by Crippen LogP contribution is 2.41. The molecule has 3 nitrogen and oxygen atoms in total. The molecule has 0 radical (unpaired) electrons. The number of rotatable bonds is 7. The molecule has 0 saturated carbocycles. The minimum absolute atomic E-state index is 0.625. The second kappa shape index (κ2) is 12.7. The van der Waals surface area contributed by atoms with Crippen molar-refractivity contribution in [1.82, 2.24) is 4.98 Å². The Bertz CT molecular complexity index is 2570. The van der Waals surface area contributed by atoms with E-state index in [1.807, 2.05) is 42.5 Å². The molecule has 0 bridgehead atoms. The van der Waals surface area contributed by atoms with Gasteiger partial charge in [0.15, 0.2) is 5.58 Å². The summed E-state index contributed by atoms with van der Waals surface area (Å²) in [6.45, 7) is 0. The molecule has 236 valence electrons. The molecule has 0 aliphatic heterocycles. The molecule has 0 amide bonds. The van der Waals surface area contributed by atoms with Crippen LogP contribution in [-0.2, 0) is 0 Å². The molecule has 1 heterocycles. The van der Waals surface area contributed by atoms with Crippen molar-refractivity contribution < 1.29 is 4.42 Å². The summed E-state index contributed by atoms with van der Waals surface area (Å²) in [6, 6.07) is 68.3. The van der Waals surface area contributed by atoms with Crippen molar-refractivity contribution in [2.24, 2.45) is 0 Å². The van der Waals surface area contributed by atoms with Gasteiger partial charge in [-0.25, -0.2) is 4.98 Å². The van der Waals surface area contributed by atoms with Crippen LogP contribution in [0.2, 0.25) is 0 Å². The Labute approximate surface area is 291 Å². The van der Waals surface area contributed by atoms with Gasteiger partial charge >= 0.3 is 0 Å². The van der Waals surface area contributed by atoms with Crippen LogP contribution >= 0.6 is 0 Å². The topological polar surface area (TPSA) is 29.3 Å². The third kappa shape index (κ3) is 5.61. The van der Waals surface area contributed by atoms with E-state index in [4.69, 9.17) is 9.40 Å². The van der Waals surface area contributed by atoms with Crippen molar-refractivity contribution in [2.75, 3.05) is 4.90 Å². The molecule has 8 aromatic carbocycles. The zero-order chi connectivity index (χ0) is 33.3. The number of para-hydroxylation sites is 2. The lowest BCUT2D eigenvalue weighted by Gasteiger charge is -2.27. The summed E-state index contributed by atoms with van der Waals surface area (Å²) >= 11 is 0. The van der Waals surface area contributed by atoms with Gasteiger partial charge in [-0.2, -0.15) is 0 Å². The smallest absolute Gasteiger partial charge is 0.227 e. The van der Waals surface area contributed by atoms with E-state index in [-0.39, 0.29) is 0 Å². The molecule has 0 saturated heterocycles. The third-order valence-corrected chi connectivity index (χ3v) is 9.26. The monoisotopic (exact) mass is 640 g/mol. The van der Waals surface area contributed by atoms with Crippen LogP contribution < -0.4 is 4.90 Å². The highest BCUT2D eigenvalue weighted by Gasteiger charge is 2.17. The Morgan fingerprint density at radius 1 is 0.360 bits per heavy atom. The summed E-state index contributed by atoms with van der Waals surface area (Å²) in [5, 5.41) is 2.46. The van der Waals surface area contributed by atoms with Gasteiger partial charge in [-0.05, 0) is 105 Å². The maximum absolute atomic E-state index is 6.19. The number of benzene rings is 8. The summed E-state index contributed by atoms with van der Waals surface area (Å²) in [7, 11) is 0. The normalized spacial score (nSPS) is 11.2. The molecule has 0 spiro atoms. The van der Waals surface area contributed by atoms with Crippen molar-refractivity contribution in [1.29, 1.82) is 0 Å². The van der Waals surface area contributed by atoms with Gasteiger partial charge in [-0.1, -0.05) is 127 Å². The van der Waals surface area contributed by atoms with E-state index in [0.717, 1.165) is 56.0 Å². The van der Waals surface area contributed by atoms with Gasteiger partial charge in [0.05, 0.1) is 0 Å². The van der Waals surface area contributed by atoms with E-state index in [1.165, 1.54) is 21.9 Å². The van der Waals surface area contributed by atoms with Gasteiger partial charge in [0, 0.05) is 28.2 Å². The third-order valence-electron chi connectivity index (χ3n) is 9.26. The van der Waals surface area contributed by atoms with Crippen molar-refractivity contribution in [3.8, 4) is 44.8 Å². The van der Waals surface area contributed by atoms with E-state index in [1.54, 1.807) is 0 Å². The molecule has 9 rings (SSSR count). The first-order chi connectivity index (χ1) is 24.8. The Balaban J connectivity index is 1.17. The maximum Gasteiger partial charge on any atom is 0.227 e. The van der Waals surface area contributed by atoms with Crippen LogP contribution in [0.3, 0.4) is 0 Å². The molecule has 0 N–H and O–H groups in total. The molecular formula is C47H32N2O. The number of hydrogen-bond donors (Lipinski definition) is 0. The zero-order valence-electron chi connectivity index (χ0n) is 27.3. The summed E-state index contributed by atoms with van der Waals surface area (Å²) in [5.74, 6) is 0.625. The van der Waals surface area contributed by atoms with E-state index < -0.39 is 0 Å². The molecule has 3 heteroatoms. The average Bonchev–Trinajstić information content (AvgIpc) is 3.64. The summed E-state index contributed by atoms with van der Waals surface area (Å²) in [4.78, 5) is 7.27. The van der Waals surface area contributed by atoms with Crippen LogP contribution in [0.5, 0.6) is 0 Å². The number of aromatic nitrogens is 1. The molecule has 1 aromatic heterocycles. The fraction of sp³-hybridized carbons (Fsp3) is 0. The molecule has 0 fully saturated rings. The fourth-order valence-corrected chi connectivity index (χ4v) is 6.77. The van der Waals surface area contributed by atoms with Crippen LogP contribution in [0.1, 0.15) is 0 Å². The van der Waals surface area contributed by atoms with E-state index in [0.29, 0.717) is 5.89 Å². The van der Waals surface area contributed by atoms with Gasteiger partial charge in [0.2, 0.25) is 5.89 Å². The predicted molar refractivity (Wildman–Crippen MR) is 208 cm³/mol. The highest BCUT2D eigenvalue weighted by molar-refractivity contribution is 5.94. The minimum atomic E-state index is 0.625. The molecule has 0 atom stereocenters. The minimum Gasteiger partial charge on any atom is -0.436 e. The number of fused-ring (bicyclic) bond motifs is 2. The van der Waals surface area contributed by atoms with Crippen molar-refractivity contribution in [3.05, 3.63) is 194 Å². The second-order valence-corrected chi connectivity index (χ2v) is 12.5. The summed E-state index contributed by atoms with van der Waals surface area (Å²) in [6.07, 6.45) is 0. The summed E-state index contributed by atoms with van der Waals surface area (Å²) < 4.78 is 6.19. The van der Waals surface area contributed by atoms with Gasteiger partial charge in [-0.3, -0.25) is 0 Å². The van der Waals surface area contributed by atoms with Crippen LogP contribution in [0.15, 0.2) is 199 Å². The second-order valence-electron chi connectivity index (χ2n) is 12.5. The van der Waals surface area contributed by atoms with Crippen molar-refractivity contribution in [3.63, 3.8) is 0 Å². The van der Waals surface area contributed by atoms with Gasteiger partial charge in [0.1, 0.15) is 5.52 Å².